The van der Waals surface area contributed by atoms with E-state index in [-0.39, 0.29) is 6.61 Å². The van der Waals surface area contributed by atoms with E-state index in [9.17, 15) is 0 Å². The number of rotatable bonds is 7. The lowest BCUT2D eigenvalue weighted by atomic mass is 10.3. The summed E-state index contributed by atoms with van der Waals surface area (Å²) in [5.41, 5.74) is 0. The molecule has 0 unspecified atom stereocenters. The molecule has 0 saturated heterocycles. The molecule has 0 fully saturated rings. The first kappa shape index (κ1) is 14.3. The van der Waals surface area contributed by atoms with Crippen LogP contribution in [0.2, 0.25) is 0 Å². The van der Waals surface area contributed by atoms with Gasteiger partial charge in [0, 0.05) is 0 Å². The monoisotopic (exact) mass is 276 g/mol. The third-order valence-corrected chi connectivity index (χ3v) is 2.47. The van der Waals surface area contributed by atoms with E-state index in [0.717, 1.165) is 0 Å². The minimum atomic E-state index is -1.67. The molecule has 4 N–H and O–H groups in total. The standard InChI is InChI=1S/C14H16N2O4/c15-17-11-14(20-16,18-12-7-3-1-4-8-12)19-13-9-5-2-6-10-13/h1-10H,11,15-16H2. The lowest BCUT2D eigenvalue weighted by Crippen LogP contribution is -2.52. The minimum absolute atomic E-state index is 0.215. The molecule has 0 aromatic heterocycles. The van der Waals surface area contributed by atoms with Gasteiger partial charge in [-0.3, -0.25) is 4.84 Å². The van der Waals surface area contributed by atoms with Crippen molar-refractivity contribution in [2.75, 3.05) is 6.61 Å². The number of ether oxygens (including phenoxy) is 2. The SMILES string of the molecule is NOCC(ON)(Oc1ccccc1)Oc1ccccc1. The highest BCUT2D eigenvalue weighted by atomic mass is 16.9. The van der Waals surface area contributed by atoms with E-state index >= 15 is 0 Å². The van der Waals surface area contributed by atoms with Gasteiger partial charge in [-0.15, -0.1) is 0 Å². The first-order chi connectivity index (χ1) is 9.78. The van der Waals surface area contributed by atoms with Crippen molar-refractivity contribution in [3.8, 4) is 11.5 Å². The number of para-hydroxylation sites is 2. The molecule has 0 saturated carbocycles. The highest BCUT2D eigenvalue weighted by molar-refractivity contribution is 5.23. The summed E-state index contributed by atoms with van der Waals surface area (Å²) in [6, 6.07) is 17.9. The van der Waals surface area contributed by atoms with Crippen molar-refractivity contribution >= 4 is 0 Å². The predicted molar refractivity (Wildman–Crippen MR) is 72.3 cm³/mol. The van der Waals surface area contributed by atoms with Crippen LogP contribution in [0.4, 0.5) is 0 Å². The van der Waals surface area contributed by atoms with Crippen molar-refractivity contribution in [1.29, 1.82) is 0 Å². The summed E-state index contributed by atoms with van der Waals surface area (Å²) in [6.45, 7) is -0.215. The third-order valence-electron chi connectivity index (χ3n) is 2.47. The van der Waals surface area contributed by atoms with E-state index in [1.165, 1.54) is 0 Å². The number of hydrogen-bond donors (Lipinski definition) is 2. The Kier molecular flexibility index (Phi) is 4.91. The third kappa shape index (κ3) is 3.69. The van der Waals surface area contributed by atoms with E-state index in [0.29, 0.717) is 11.5 Å². The fourth-order valence-electron chi connectivity index (χ4n) is 1.60. The number of nitrogens with two attached hydrogens (primary N) is 2. The second kappa shape index (κ2) is 6.88. The van der Waals surface area contributed by atoms with Crippen molar-refractivity contribution < 1.29 is 19.1 Å². The van der Waals surface area contributed by atoms with Crippen molar-refractivity contribution in [2.24, 2.45) is 11.8 Å². The van der Waals surface area contributed by atoms with E-state index in [1.54, 1.807) is 24.3 Å². The van der Waals surface area contributed by atoms with Crippen LogP contribution in [0.3, 0.4) is 0 Å². The fourth-order valence-corrected chi connectivity index (χ4v) is 1.60. The van der Waals surface area contributed by atoms with Gasteiger partial charge in [-0.05, 0) is 24.3 Å². The topological polar surface area (TPSA) is 89.0 Å². The second-order valence-electron chi connectivity index (χ2n) is 3.94. The maximum Gasteiger partial charge on any atom is 0.414 e. The average Bonchev–Trinajstić information content (AvgIpc) is 2.49. The summed E-state index contributed by atoms with van der Waals surface area (Å²) in [7, 11) is 0. The molecule has 6 nitrogen and oxygen atoms in total. The summed E-state index contributed by atoms with van der Waals surface area (Å²) in [6.07, 6.45) is 0. The molecule has 2 rings (SSSR count). The Bertz CT molecular complexity index is 466. The molecule has 106 valence electrons. The van der Waals surface area contributed by atoms with E-state index in [2.05, 4.69) is 4.84 Å². The van der Waals surface area contributed by atoms with Crippen LogP contribution in [0.5, 0.6) is 11.5 Å². The molecule has 0 aliphatic heterocycles. The Morgan fingerprint density at radius 1 is 0.750 bits per heavy atom. The highest BCUT2D eigenvalue weighted by Gasteiger charge is 2.37. The fraction of sp³-hybridized carbons (Fsp3) is 0.143. The molecule has 0 spiro atoms. The van der Waals surface area contributed by atoms with E-state index in [1.807, 2.05) is 36.4 Å². The normalized spacial score (nSPS) is 11.1. The lowest BCUT2D eigenvalue weighted by molar-refractivity contribution is -0.325. The predicted octanol–water partition coefficient (Wildman–Crippen LogP) is 1.58. The Morgan fingerprint density at radius 2 is 1.20 bits per heavy atom. The molecule has 0 heterocycles. The van der Waals surface area contributed by atoms with E-state index < -0.39 is 5.97 Å². The molecule has 20 heavy (non-hydrogen) atoms. The second-order valence-corrected chi connectivity index (χ2v) is 3.94. The lowest BCUT2D eigenvalue weighted by Gasteiger charge is -2.30. The van der Waals surface area contributed by atoms with Crippen LogP contribution in [0, 0.1) is 0 Å². The molecular formula is C14H16N2O4. The Hall–Kier alpha value is -2.12. The summed E-state index contributed by atoms with van der Waals surface area (Å²) in [5, 5.41) is 0. The van der Waals surface area contributed by atoms with Gasteiger partial charge in [0.25, 0.3) is 0 Å². The molecule has 0 aliphatic carbocycles. The Balaban J connectivity index is 2.20. The van der Waals surface area contributed by atoms with E-state index in [4.69, 9.17) is 26.1 Å². The van der Waals surface area contributed by atoms with Crippen molar-refractivity contribution in [1.82, 2.24) is 0 Å². The Morgan fingerprint density at radius 3 is 1.55 bits per heavy atom. The Labute approximate surface area is 116 Å². The molecule has 6 heteroatoms. The van der Waals surface area contributed by atoms with Crippen LogP contribution < -0.4 is 21.3 Å². The van der Waals surface area contributed by atoms with Gasteiger partial charge < -0.3 is 9.47 Å². The van der Waals surface area contributed by atoms with Gasteiger partial charge in [-0.1, -0.05) is 36.4 Å². The maximum absolute atomic E-state index is 5.62. The van der Waals surface area contributed by atoms with Crippen molar-refractivity contribution in [3.05, 3.63) is 60.7 Å². The van der Waals surface area contributed by atoms with Crippen LogP contribution in [0.25, 0.3) is 0 Å². The number of hydrogen-bond acceptors (Lipinski definition) is 6. The zero-order chi connectivity index (χ0) is 14.3. The van der Waals surface area contributed by atoms with Crippen molar-refractivity contribution in [2.45, 2.75) is 5.97 Å². The quantitative estimate of drug-likeness (QED) is 0.589. The molecule has 0 aliphatic rings. The average molecular weight is 276 g/mol. The zero-order valence-electron chi connectivity index (χ0n) is 10.8. The summed E-state index contributed by atoms with van der Waals surface area (Å²) < 4.78 is 11.2. The van der Waals surface area contributed by atoms with Crippen LogP contribution in [0.15, 0.2) is 60.7 Å². The zero-order valence-corrected chi connectivity index (χ0v) is 10.8. The van der Waals surface area contributed by atoms with Crippen LogP contribution in [-0.2, 0) is 9.68 Å². The van der Waals surface area contributed by atoms with Gasteiger partial charge in [-0.25, -0.2) is 16.6 Å². The summed E-state index contributed by atoms with van der Waals surface area (Å²) >= 11 is 0. The van der Waals surface area contributed by atoms with Gasteiger partial charge in [-0.2, -0.15) is 0 Å². The first-order valence-electron chi connectivity index (χ1n) is 5.96. The molecule has 0 bridgehead atoms. The molecule has 0 atom stereocenters. The van der Waals surface area contributed by atoms with Gasteiger partial charge in [0.1, 0.15) is 11.5 Å². The summed E-state index contributed by atoms with van der Waals surface area (Å²) in [4.78, 5) is 9.42. The van der Waals surface area contributed by atoms with Crippen LogP contribution in [0.1, 0.15) is 0 Å². The van der Waals surface area contributed by atoms with Crippen LogP contribution >= 0.6 is 0 Å². The molecule has 0 radical (unpaired) electrons. The van der Waals surface area contributed by atoms with Gasteiger partial charge >= 0.3 is 5.97 Å². The number of benzene rings is 2. The van der Waals surface area contributed by atoms with Crippen molar-refractivity contribution in [3.63, 3.8) is 0 Å². The summed E-state index contributed by atoms with van der Waals surface area (Å²) in [5.74, 6) is 9.75. The van der Waals surface area contributed by atoms with Gasteiger partial charge in [0.2, 0.25) is 0 Å². The highest BCUT2D eigenvalue weighted by Crippen LogP contribution is 2.23. The first-order valence-corrected chi connectivity index (χ1v) is 5.96. The van der Waals surface area contributed by atoms with Crippen LogP contribution in [-0.4, -0.2) is 12.6 Å². The van der Waals surface area contributed by atoms with Gasteiger partial charge in [0.15, 0.2) is 6.61 Å². The molecular weight excluding hydrogens is 260 g/mol. The molecule has 2 aromatic rings. The smallest absolute Gasteiger partial charge is 0.414 e. The minimum Gasteiger partial charge on any atom is -0.427 e. The molecule has 0 amide bonds. The molecule has 2 aromatic carbocycles. The largest absolute Gasteiger partial charge is 0.427 e. The maximum atomic E-state index is 5.62. The van der Waals surface area contributed by atoms with Gasteiger partial charge in [0.05, 0.1) is 0 Å².